The van der Waals surface area contributed by atoms with E-state index in [0.717, 1.165) is 0 Å². The molecule has 3 N–H and O–H groups in total. The zero-order chi connectivity index (χ0) is 15.3. The number of fused-ring (bicyclic) bond motifs is 1. The molecule has 11 heteroatoms. The summed E-state index contributed by atoms with van der Waals surface area (Å²) in [5.74, 6) is -1.34. The molecule has 2 aromatic heterocycles. The number of aryl methyl sites for hydroxylation is 1. The number of carboxylic acids is 1. The van der Waals surface area contributed by atoms with Crippen LogP contribution < -0.4 is 0 Å². The van der Waals surface area contributed by atoms with E-state index in [1.54, 1.807) is 6.92 Å². The molecule has 9 nitrogen and oxygen atoms in total. The normalized spacial score (nSPS) is 27.8. The van der Waals surface area contributed by atoms with Crippen LogP contribution in [0.5, 0.6) is 0 Å². The second-order valence-corrected chi connectivity index (χ2v) is 5.63. The van der Waals surface area contributed by atoms with Crippen molar-refractivity contribution in [2.45, 2.75) is 31.5 Å². The molecule has 2 aromatic rings. The Morgan fingerprint density at radius 3 is 2.64 bits per heavy atom. The van der Waals surface area contributed by atoms with E-state index in [1.807, 2.05) is 22.6 Å². The SMILES string of the molecule is Cc1nc(I)nc2c1ncn2[C@@H]1O[C@H](C(=O)O)[C@H](O)C1O.[Re]. The Hall–Kier alpha value is -0.708. The molecule has 1 fully saturated rings. The third-order valence-electron chi connectivity index (χ3n) is 3.32. The number of hydrogen-bond acceptors (Lipinski definition) is 7. The number of nitrogens with zero attached hydrogens (tertiary/aromatic N) is 4. The minimum absolute atomic E-state index is 0. The monoisotopic (exact) mass is 593 g/mol. The molecule has 3 rings (SSSR count). The van der Waals surface area contributed by atoms with Crippen LogP contribution in [-0.2, 0) is 30.0 Å². The van der Waals surface area contributed by atoms with E-state index in [1.165, 1.54) is 10.9 Å². The number of aliphatic hydroxyl groups is 2. The Bertz CT molecular complexity index is 726. The Kier molecular flexibility index (Phi) is 5.15. The van der Waals surface area contributed by atoms with Gasteiger partial charge in [0, 0.05) is 43.0 Å². The molecule has 1 saturated heterocycles. The Morgan fingerprint density at radius 1 is 1.36 bits per heavy atom. The molecule has 3 heterocycles. The maximum atomic E-state index is 11.0. The predicted molar refractivity (Wildman–Crippen MR) is 76.3 cm³/mol. The van der Waals surface area contributed by atoms with Gasteiger partial charge in [0.05, 0.1) is 12.0 Å². The second kappa shape index (κ2) is 6.42. The number of aromatic nitrogens is 4. The Balaban J connectivity index is 0.00000176. The molecule has 0 bridgehead atoms. The number of imidazole rings is 1. The molecule has 0 amide bonds. The average Bonchev–Trinajstić information content (AvgIpc) is 2.93. The standard InChI is InChI=1S/C11H11IN4O5.Re/c1-3-4-8(15-11(12)14-3)16(2-13-4)9-6(18)5(17)7(21-9)10(19)20;/h2,5-7,9,17-18H,1H3,(H,19,20);/t5-,6?,7+,9-;/m1./s1. The molecule has 1 unspecified atom stereocenters. The number of carboxylic acid groups (broad SMARTS) is 1. The largest absolute Gasteiger partial charge is 0.479 e. The summed E-state index contributed by atoms with van der Waals surface area (Å²) in [7, 11) is 0. The van der Waals surface area contributed by atoms with Gasteiger partial charge in [0.15, 0.2) is 21.8 Å². The van der Waals surface area contributed by atoms with Crippen molar-refractivity contribution in [1.29, 1.82) is 0 Å². The van der Waals surface area contributed by atoms with Crippen molar-refractivity contribution in [3.63, 3.8) is 0 Å². The van der Waals surface area contributed by atoms with Gasteiger partial charge in [0.2, 0.25) is 0 Å². The molecule has 0 aromatic carbocycles. The molecule has 0 saturated carbocycles. The molecule has 4 atom stereocenters. The molecule has 0 aliphatic carbocycles. The van der Waals surface area contributed by atoms with Crippen molar-refractivity contribution in [3.8, 4) is 0 Å². The van der Waals surface area contributed by atoms with Gasteiger partial charge in [-0.1, -0.05) is 0 Å². The van der Waals surface area contributed by atoms with Crippen LogP contribution in [0.4, 0.5) is 0 Å². The van der Waals surface area contributed by atoms with Gasteiger partial charge in [-0.15, -0.1) is 0 Å². The fourth-order valence-electron chi connectivity index (χ4n) is 2.30. The van der Waals surface area contributed by atoms with Gasteiger partial charge < -0.3 is 20.1 Å². The topological polar surface area (TPSA) is 131 Å². The van der Waals surface area contributed by atoms with Gasteiger partial charge in [-0.05, 0) is 6.92 Å². The predicted octanol–water partition coefficient (Wildman–Crippen LogP) is -0.559. The number of rotatable bonds is 2. The minimum Gasteiger partial charge on any atom is -0.479 e. The first-order valence-corrected chi connectivity index (χ1v) is 7.09. The van der Waals surface area contributed by atoms with Crippen molar-refractivity contribution in [2.24, 2.45) is 0 Å². The quantitative estimate of drug-likeness (QED) is 0.313. The summed E-state index contributed by atoms with van der Waals surface area (Å²) in [6, 6.07) is 0. The Morgan fingerprint density at radius 2 is 2.05 bits per heavy atom. The van der Waals surface area contributed by atoms with Crippen LogP contribution in [0.1, 0.15) is 11.9 Å². The molecule has 22 heavy (non-hydrogen) atoms. The van der Waals surface area contributed by atoms with Crippen molar-refractivity contribution in [1.82, 2.24) is 19.5 Å². The van der Waals surface area contributed by atoms with Gasteiger partial charge in [-0.3, -0.25) is 4.57 Å². The number of hydrogen-bond donors (Lipinski definition) is 3. The van der Waals surface area contributed by atoms with Crippen LogP contribution in [0.15, 0.2) is 6.33 Å². The van der Waals surface area contributed by atoms with Crippen LogP contribution in [0, 0.1) is 10.8 Å². The number of halogens is 1. The summed E-state index contributed by atoms with van der Waals surface area (Å²) in [6.07, 6.45) is -4.10. The van der Waals surface area contributed by atoms with Crippen molar-refractivity contribution < 1.29 is 45.3 Å². The number of carbonyl (C=O) groups is 1. The molecule has 1 radical (unpaired) electrons. The average molecular weight is 592 g/mol. The molecular weight excluding hydrogens is 581 g/mol. The number of aliphatic carboxylic acids is 1. The van der Waals surface area contributed by atoms with E-state index in [9.17, 15) is 15.0 Å². The van der Waals surface area contributed by atoms with E-state index in [2.05, 4.69) is 15.0 Å². The van der Waals surface area contributed by atoms with Gasteiger partial charge >= 0.3 is 5.97 Å². The molecule has 1 aliphatic heterocycles. The number of aliphatic hydroxyl groups excluding tert-OH is 2. The summed E-state index contributed by atoms with van der Waals surface area (Å²) < 4.78 is 7.13. The van der Waals surface area contributed by atoms with Gasteiger partial charge in [0.1, 0.15) is 17.7 Å². The Labute approximate surface area is 151 Å². The molecule has 0 spiro atoms. The van der Waals surface area contributed by atoms with Gasteiger partial charge in [-0.2, -0.15) is 0 Å². The maximum Gasteiger partial charge on any atom is 0.335 e. The zero-order valence-electron chi connectivity index (χ0n) is 11.1. The summed E-state index contributed by atoms with van der Waals surface area (Å²) in [6.45, 7) is 1.77. The smallest absolute Gasteiger partial charge is 0.335 e. The van der Waals surface area contributed by atoms with Crippen molar-refractivity contribution in [2.75, 3.05) is 0 Å². The second-order valence-electron chi connectivity index (χ2n) is 4.67. The minimum atomic E-state index is -1.52. The van der Waals surface area contributed by atoms with Crippen LogP contribution in [0.2, 0.25) is 0 Å². The van der Waals surface area contributed by atoms with E-state index < -0.39 is 30.5 Å². The molecule has 119 valence electrons. The van der Waals surface area contributed by atoms with Crippen molar-refractivity contribution in [3.05, 3.63) is 15.9 Å². The molecular formula is C11H11IN4O5Re. The fourth-order valence-corrected chi connectivity index (χ4v) is 2.89. The van der Waals surface area contributed by atoms with E-state index in [4.69, 9.17) is 9.84 Å². The molecule has 1 aliphatic rings. The fraction of sp³-hybridized carbons (Fsp3) is 0.455. The van der Waals surface area contributed by atoms with Crippen molar-refractivity contribution >= 4 is 39.7 Å². The van der Waals surface area contributed by atoms with Crippen LogP contribution >= 0.6 is 22.6 Å². The van der Waals surface area contributed by atoms with Gasteiger partial charge in [0.25, 0.3) is 0 Å². The van der Waals surface area contributed by atoms with Crippen LogP contribution in [0.25, 0.3) is 11.2 Å². The van der Waals surface area contributed by atoms with Crippen LogP contribution in [0.3, 0.4) is 0 Å². The number of ether oxygens (including phenoxy) is 1. The van der Waals surface area contributed by atoms with E-state index in [0.29, 0.717) is 20.7 Å². The summed E-state index contributed by atoms with van der Waals surface area (Å²) in [5.41, 5.74) is 1.60. The van der Waals surface area contributed by atoms with E-state index >= 15 is 0 Å². The van der Waals surface area contributed by atoms with Crippen LogP contribution in [-0.4, -0.2) is 59.1 Å². The zero-order valence-corrected chi connectivity index (χ0v) is 16.0. The third-order valence-corrected chi connectivity index (χ3v) is 3.81. The first kappa shape index (κ1) is 17.6. The summed E-state index contributed by atoms with van der Waals surface area (Å²) >= 11 is 1.94. The van der Waals surface area contributed by atoms with E-state index in [-0.39, 0.29) is 20.4 Å². The first-order chi connectivity index (χ1) is 9.90. The third kappa shape index (κ3) is 2.77. The first-order valence-electron chi connectivity index (χ1n) is 6.01. The maximum absolute atomic E-state index is 11.0. The van der Waals surface area contributed by atoms with Gasteiger partial charge in [-0.25, -0.2) is 19.7 Å². The summed E-state index contributed by atoms with van der Waals surface area (Å²) in [5, 5.41) is 28.7. The summed E-state index contributed by atoms with van der Waals surface area (Å²) in [4.78, 5) is 23.5.